The van der Waals surface area contributed by atoms with E-state index in [1.165, 1.54) is 0 Å². The van der Waals surface area contributed by atoms with Gasteiger partial charge in [-0.3, -0.25) is 9.59 Å². The fourth-order valence-corrected chi connectivity index (χ4v) is 3.12. The van der Waals surface area contributed by atoms with Gasteiger partial charge < -0.3 is 15.1 Å². The zero-order valence-electron chi connectivity index (χ0n) is 15.1. The third-order valence-corrected chi connectivity index (χ3v) is 4.52. The highest BCUT2D eigenvalue weighted by Crippen LogP contribution is 2.18. The second-order valence-corrected chi connectivity index (χ2v) is 7.30. The Morgan fingerprint density at radius 1 is 1.23 bits per heavy atom. The van der Waals surface area contributed by atoms with E-state index in [4.69, 9.17) is 0 Å². The number of hydrogen-bond acceptors (Lipinski definition) is 3. The van der Waals surface area contributed by atoms with Gasteiger partial charge in [0.2, 0.25) is 11.8 Å². The van der Waals surface area contributed by atoms with Crippen LogP contribution in [0.3, 0.4) is 0 Å². The second kappa shape index (κ2) is 8.51. The lowest BCUT2D eigenvalue weighted by Crippen LogP contribution is -2.49. The number of piperidine rings is 1. The van der Waals surface area contributed by atoms with Crippen molar-refractivity contribution in [1.82, 2.24) is 15.1 Å². The predicted octanol–water partition coefficient (Wildman–Crippen LogP) is 1.58. The van der Waals surface area contributed by atoms with Crippen molar-refractivity contribution in [1.29, 1.82) is 0 Å². The first kappa shape index (κ1) is 18.9. The fraction of sp³-hybridized carbons (Fsp3) is 0.882. The molecule has 1 fully saturated rings. The average Bonchev–Trinajstić information content (AvgIpc) is 2.45. The number of rotatable bonds is 6. The number of carbonyl (C=O) groups excluding carboxylic acids is 2. The molecular weight excluding hydrogens is 278 g/mol. The third kappa shape index (κ3) is 5.27. The Hall–Kier alpha value is -1.10. The molecule has 2 amide bonds. The molecule has 1 rings (SSSR count). The summed E-state index contributed by atoms with van der Waals surface area (Å²) in [6.07, 6.45) is 1.79. The van der Waals surface area contributed by atoms with Gasteiger partial charge in [-0.25, -0.2) is 0 Å². The van der Waals surface area contributed by atoms with Crippen LogP contribution in [0.25, 0.3) is 0 Å². The molecule has 1 N–H and O–H groups in total. The first-order valence-corrected chi connectivity index (χ1v) is 8.47. The van der Waals surface area contributed by atoms with Gasteiger partial charge in [0.05, 0.1) is 5.92 Å². The molecule has 1 saturated heterocycles. The van der Waals surface area contributed by atoms with Gasteiger partial charge in [0.15, 0.2) is 0 Å². The maximum Gasteiger partial charge on any atom is 0.225 e. The van der Waals surface area contributed by atoms with Gasteiger partial charge in [-0.05, 0) is 32.9 Å². The monoisotopic (exact) mass is 311 g/mol. The molecule has 1 heterocycles. The van der Waals surface area contributed by atoms with Crippen LogP contribution in [-0.2, 0) is 9.59 Å². The van der Waals surface area contributed by atoms with Crippen LogP contribution in [0.5, 0.6) is 0 Å². The maximum atomic E-state index is 12.4. The van der Waals surface area contributed by atoms with Crippen LogP contribution in [0.4, 0.5) is 0 Å². The Kier molecular flexibility index (Phi) is 7.33. The molecule has 0 bridgehead atoms. The third-order valence-electron chi connectivity index (χ3n) is 4.52. The fourth-order valence-electron chi connectivity index (χ4n) is 3.12. The Morgan fingerprint density at radius 2 is 1.86 bits per heavy atom. The van der Waals surface area contributed by atoms with E-state index in [2.05, 4.69) is 24.1 Å². The largest absolute Gasteiger partial charge is 0.354 e. The van der Waals surface area contributed by atoms with Crippen molar-refractivity contribution < 1.29 is 9.59 Å². The molecule has 1 aliphatic heterocycles. The van der Waals surface area contributed by atoms with Gasteiger partial charge >= 0.3 is 0 Å². The molecule has 0 spiro atoms. The topological polar surface area (TPSA) is 52.7 Å². The molecule has 0 aromatic carbocycles. The summed E-state index contributed by atoms with van der Waals surface area (Å²) >= 11 is 0. The highest BCUT2D eigenvalue weighted by Gasteiger charge is 2.29. The molecule has 0 aromatic heterocycles. The molecule has 5 heteroatoms. The van der Waals surface area contributed by atoms with Crippen LogP contribution in [-0.4, -0.2) is 61.4 Å². The van der Waals surface area contributed by atoms with Crippen molar-refractivity contribution in [3.8, 4) is 0 Å². The lowest BCUT2D eigenvalue weighted by atomic mass is 9.95. The van der Waals surface area contributed by atoms with Gasteiger partial charge in [-0.15, -0.1) is 0 Å². The van der Waals surface area contributed by atoms with Gasteiger partial charge in [0.1, 0.15) is 0 Å². The van der Waals surface area contributed by atoms with Gasteiger partial charge in [0, 0.05) is 31.6 Å². The van der Waals surface area contributed by atoms with Crippen molar-refractivity contribution in [3.63, 3.8) is 0 Å². The summed E-state index contributed by atoms with van der Waals surface area (Å²) in [5, 5.41) is 3.09. The Balaban J connectivity index is 2.53. The number of carbonyl (C=O) groups is 2. The summed E-state index contributed by atoms with van der Waals surface area (Å²) in [6, 6.07) is 0.334. The quantitative estimate of drug-likeness (QED) is 0.810. The zero-order valence-corrected chi connectivity index (χ0v) is 15.1. The van der Waals surface area contributed by atoms with E-state index in [9.17, 15) is 9.59 Å². The molecule has 0 radical (unpaired) electrons. The van der Waals surface area contributed by atoms with E-state index in [0.717, 1.165) is 19.4 Å². The van der Waals surface area contributed by atoms with E-state index < -0.39 is 0 Å². The Labute approximate surface area is 135 Å². The summed E-state index contributed by atoms with van der Waals surface area (Å²) in [5.74, 6) is 0.674. The van der Waals surface area contributed by atoms with Crippen LogP contribution < -0.4 is 5.32 Å². The van der Waals surface area contributed by atoms with Crippen molar-refractivity contribution >= 4 is 11.8 Å². The molecule has 128 valence electrons. The molecule has 2 atom stereocenters. The van der Waals surface area contributed by atoms with Crippen molar-refractivity contribution in [3.05, 3.63) is 0 Å². The standard InChI is InChI=1S/C17H33N3O2/c1-12(2)15(19(5)6)10-18-16(21)14-8-7-9-20(11-14)17(22)13(3)4/h12-15H,7-11H2,1-6H3,(H,18,21)/t14-,15+/m0/s1. The van der Waals surface area contributed by atoms with E-state index in [1.54, 1.807) is 0 Å². The molecule has 0 aromatic rings. The molecule has 1 aliphatic rings. The highest BCUT2D eigenvalue weighted by molar-refractivity contribution is 5.82. The molecule has 0 aliphatic carbocycles. The zero-order chi connectivity index (χ0) is 16.9. The van der Waals surface area contributed by atoms with E-state index in [1.807, 2.05) is 32.8 Å². The van der Waals surface area contributed by atoms with Crippen LogP contribution in [0.15, 0.2) is 0 Å². The lowest BCUT2D eigenvalue weighted by molar-refractivity contribution is -0.138. The Bertz CT molecular complexity index is 372. The SMILES string of the molecule is CC(C)C(=O)N1CCC[C@H](C(=O)NC[C@H](C(C)C)N(C)C)C1. The number of nitrogens with zero attached hydrogens (tertiary/aromatic N) is 2. The predicted molar refractivity (Wildman–Crippen MR) is 89.5 cm³/mol. The van der Waals surface area contributed by atoms with Crippen molar-refractivity contribution in [2.45, 2.75) is 46.6 Å². The van der Waals surface area contributed by atoms with Crippen LogP contribution in [0.2, 0.25) is 0 Å². The summed E-state index contributed by atoms with van der Waals surface area (Å²) in [7, 11) is 4.08. The number of nitrogens with one attached hydrogen (secondary N) is 1. The molecule has 0 saturated carbocycles. The first-order chi connectivity index (χ1) is 10.2. The average molecular weight is 311 g/mol. The summed E-state index contributed by atoms with van der Waals surface area (Å²) in [5.41, 5.74) is 0. The summed E-state index contributed by atoms with van der Waals surface area (Å²) in [6.45, 7) is 10.2. The van der Waals surface area contributed by atoms with Crippen LogP contribution in [0.1, 0.15) is 40.5 Å². The lowest BCUT2D eigenvalue weighted by Gasteiger charge is -2.34. The molecule has 0 unspecified atom stereocenters. The normalized spacial score (nSPS) is 20.6. The van der Waals surface area contributed by atoms with Crippen molar-refractivity contribution in [2.24, 2.45) is 17.8 Å². The molecule has 22 heavy (non-hydrogen) atoms. The minimum atomic E-state index is -0.0635. The van der Waals surface area contributed by atoms with E-state index >= 15 is 0 Å². The minimum Gasteiger partial charge on any atom is -0.354 e. The maximum absolute atomic E-state index is 12.4. The highest BCUT2D eigenvalue weighted by atomic mass is 16.2. The molecule has 5 nitrogen and oxygen atoms in total. The minimum absolute atomic E-state index is 0.000809. The van der Waals surface area contributed by atoms with Gasteiger partial charge in [-0.1, -0.05) is 27.7 Å². The number of hydrogen-bond donors (Lipinski definition) is 1. The number of amides is 2. The van der Waals surface area contributed by atoms with E-state index in [-0.39, 0.29) is 23.7 Å². The number of likely N-dealkylation sites (N-methyl/N-ethyl adjacent to an activating group) is 1. The second-order valence-electron chi connectivity index (χ2n) is 7.30. The van der Waals surface area contributed by atoms with Crippen molar-refractivity contribution in [2.75, 3.05) is 33.7 Å². The van der Waals surface area contributed by atoms with Crippen LogP contribution in [0, 0.1) is 17.8 Å². The van der Waals surface area contributed by atoms with Gasteiger partial charge in [-0.2, -0.15) is 0 Å². The first-order valence-electron chi connectivity index (χ1n) is 8.47. The number of likely N-dealkylation sites (tertiary alicyclic amines) is 1. The van der Waals surface area contributed by atoms with E-state index in [0.29, 0.717) is 25.0 Å². The summed E-state index contributed by atoms with van der Waals surface area (Å²) in [4.78, 5) is 28.5. The van der Waals surface area contributed by atoms with Crippen LogP contribution >= 0.6 is 0 Å². The smallest absolute Gasteiger partial charge is 0.225 e. The van der Waals surface area contributed by atoms with Gasteiger partial charge in [0.25, 0.3) is 0 Å². The Morgan fingerprint density at radius 3 is 2.36 bits per heavy atom. The molecular formula is C17H33N3O2. The summed E-state index contributed by atoms with van der Waals surface area (Å²) < 4.78 is 0.